The van der Waals surface area contributed by atoms with Crippen LogP contribution < -0.4 is 0 Å². The summed E-state index contributed by atoms with van der Waals surface area (Å²) in [6.45, 7) is 11.5. The number of imide groups is 1. The van der Waals surface area contributed by atoms with Crippen LogP contribution >= 0.6 is 15.9 Å². The van der Waals surface area contributed by atoms with Gasteiger partial charge < -0.3 is 9.47 Å². The van der Waals surface area contributed by atoms with Crippen LogP contribution in [0, 0.1) is 0 Å². The van der Waals surface area contributed by atoms with Gasteiger partial charge in [0.15, 0.2) is 0 Å². The minimum Gasteiger partial charge on any atom is -0.501 e. The summed E-state index contributed by atoms with van der Waals surface area (Å²) in [6, 6.07) is 3.64. The number of ether oxygens (including phenoxy) is 2. The molecule has 0 N–H and O–H groups in total. The number of halogens is 1. The van der Waals surface area contributed by atoms with Crippen molar-refractivity contribution in [3.05, 3.63) is 39.6 Å². The number of hydrogen-bond donors (Lipinski definition) is 0. The van der Waals surface area contributed by atoms with Gasteiger partial charge in [-0.15, -0.1) is 0 Å². The van der Waals surface area contributed by atoms with E-state index in [4.69, 9.17) is 9.47 Å². The van der Waals surface area contributed by atoms with Crippen LogP contribution in [0.15, 0.2) is 22.9 Å². The number of fused-ring (bicyclic) bond motifs is 1. The molecule has 0 saturated carbocycles. The van der Waals surface area contributed by atoms with Crippen LogP contribution in [0.5, 0.6) is 0 Å². The summed E-state index contributed by atoms with van der Waals surface area (Å²) in [7, 11) is 0. The number of carbonyl (C=O) groups is 2. The Morgan fingerprint density at radius 3 is 2.52 bits per heavy atom. The van der Waals surface area contributed by atoms with Gasteiger partial charge in [-0.2, -0.15) is 0 Å². The van der Waals surface area contributed by atoms with Crippen molar-refractivity contribution in [2.75, 3.05) is 6.61 Å². The first-order chi connectivity index (χ1) is 11.5. The van der Waals surface area contributed by atoms with E-state index in [2.05, 4.69) is 15.9 Å². The second-order valence-corrected chi connectivity index (χ2v) is 8.27. The van der Waals surface area contributed by atoms with Crippen LogP contribution in [0.4, 0.5) is 4.79 Å². The molecule has 1 heterocycles. The lowest BCUT2D eigenvalue weighted by molar-refractivity contribution is 0.00937. The van der Waals surface area contributed by atoms with E-state index in [9.17, 15) is 9.59 Å². The lowest BCUT2D eigenvalue weighted by atomic mass is 9.89. The molecule has 25 heavy (non-hydrogen) atoms. The monoisotopic (exact) mass is 409 g/mol. The highest BCUT2D eigenvalue weighted by molar-refractivity contribution is 9.10. The van der Waals surface area contributed by atoms with Gasteiger partial charge in [-0.3, -0.25) is 4.79 Å². The summed E-state index contributed by atoms with van der Waals surface area (Å²) < 4.78 is 11.5. The summed E-state index contributed by atoms with van der Waals surface area (Å²) in [5.74, 6) is -0.360. The van der Waals surface area contributed by atoms with E-state index in [1.807, 2.05) is 26.8 Å². The average molecular weight is 410 g/mol. The van der Waals surface area contributed by atoms with Crippen molar-refractivity contribution in [1.29, 1.82) is 0 Å². The third-order valence-electron chi connectivity index (χ3n) is 3.82. The Labute approximate surface area is 157 Å². The van der Waals surface area contributed by atoms with E-state index in [0.717, 1.165) is 15.6 Å². The van der Waals surface area contributed by atoms with E-state index in [1.165, 1.54) is 4.90 Å². The number of nitrogens with zero attached hydrogens (tertiary/aromatic N) is 1. The highest BCUT2D eigenvalue weighted by Gasteiger charge is 2.49. The third kappa shape index (κ3) is 3.89. The van der Waals surface area contributed by atoms with Crippen molar-refractivity contribution in [3.63, 3.8) is 0 Å². The predicted molar refractivity (Wildman–Crippen MR) is 100 cm³/mol. The SMILES string of the molecule is CCOC=Cc1cc(Br)cc2c1C(C)(C)N(C(=O)OC(C)(C)C)C2=O. The molecule has 0 unspecified atom stereocenters. The van der Waals surface area contributed by atoms with E-state index in [-0.39, 0.29) is 5.91 Å². The molecular formula is C19H24BrNO4. The van der Waals surface area contributed by atoms with Gasteiger partial charge in [-0.05, 0) is 70.9 Å². The standard InChI is InChI=1S/C19H24BrNO4/c1-7-24-9-8-12-10-13(20)11-14-15(12)19(5,6)21(16(14)22)17(23)25-18(2,3)4/h8-11H,7H2,1-6H3. The topological polar surface area (TPSA) is 55.8 Å². The van der Waals surface area contributed by atoms with Crippen LogP contribution in [-0.2, 0) is 15.0 Å². The Balaban J connectivity index is 2.53. The summed E-state index contributed by atoms with van der Waals surface area (Å²) in [4.78, 5) is 26.8. The molecular weight excluding hydrogens is 386 g/mol. The molecule has 0 fully saturated rings. The summed E-state index contributed by atoms with van der Waals surface area (Å²) in [5.41, 5.74) is 0.577. The first-order valence-corrected chi connectivity index (χ1v) is 8.98. The fourth-order valence-electron chi connectivity index (χ4n) is 2.93. The highest BCUT2D eigenvalue weighted by atomic mass is 79.9. The smallest absolute Gasteiger partial charge is 0.418 e. The third-order valence-corrected chi connectivity index (χ3v) is 4.28. The lowest BCUT2D eigenvalue weighted by Crippen LogP contribution is -2.46. The molecule has 1 aromatic carbocycles. The van der Waals surface area contributed by atoms with Crippen molar-refractivity contribution in [1.82, 2.24) is 4.90 Å². The summed E-state index contributed by atoms with van der Waals surface area (Å²) in [5, 5.41) is 0. The van der Waals surface area contributed by atoms with Gasteiger partial charge in [0, 0.05) is 10.0 Å². The molecule has 0 aliphatic carbocycles. The fourth-order valence-corrected chi connectivity index (χ4v) is 3.41. The molecule has 0 atom stereocenters. The van der Waals surface area contributed by atoms with Crippen LogP contribution in [0.3, 0.4) is 0 Å². The number of carbonyl (C=O) groups excluding carboxylic acids is 2. The largest absolute Gasteiger partial charge is 0.501 e. The minimum atomic E-state index is -0.832. The molecule has 1 aliphatic rings. The second-order valence-electron chi connectivity index (χ2n) is 7.36. The number of amides is 2. The maximum Gasteiger partial charge on any atom is 0.418 e. The zero-order valence-corrected chi connectivity index (χ0v) is 17.1. The predicted octanol–water partition coefficient (Wildman–Crippen LogP) is 5.08. The van der Waals surface area contributed by atoms with E-state index in [0.29, 0.717) is 12.2 Å². The molecule has 6 heteroatoms. The average Bonchev–Trinajstić information content (AvgIpc) is 2.63. The van der Waals surface area contributed by atoms with Crippen LogP contribution in [-0.4, -0.2) is 29.1 Å². The Hall–Kier alpha value is -1.82. The summed E-state index contributed by atoms with van der Waals surface area (Å²) in [6.07, 6.45) is 2.76. The van der Waals surface area contributed by atoms with Gasteiger partial charge in [-0.1, -0.05) is 15.9 Å². The van der Waals surface area contributed by atoms with Gasteiger partial charge in [0.05, 0.1) is 18.4 Å². The Morgan fingerprint density at radius 2 is 1.96 bits per heavy atom. The molecule has 0 radical (unpaired) electrons. The molecule has 5 nitrogen and oxygen atoms in total. The van der Waals surface area contributed by atoms with E-state index < -0.39 is 17.2 Å². The first kappa shape index (κ1) is 19.5. The zero-order chi connectivity index (χ0) is 19.0. The van der Waals surface area contributed by atoms with Crippen LogP contribution in [0.25, 0.3) is 6.08 Å². The van der Waals surface area contributed by atoms with Crippen molar-refractivity contribution in [2.45, 2.75) is 52.7 Å². The molecule has 0 spiro atoms. The van der Waals surface area contributed by atoms with Gasteiger partial charge >= 0.3 is 6.09 Å². The van der Waals surface area contributed by atoms with Crippen molar-refractivity contribution < 1.29 is 19.1 Å². The van der Waals surface area contributed by atoms with Gasteiger partial charge in [-0.25, -0.2) is 9.69 Å². The Kier molecular flexibility index (Phi) is 5.33. The molecule has 0 saturated heterocycles. The first-order valence-electron chi connectivity index (χ1n) is 8.18. The lowest BCUT2D eigenvalue weighted by Gasteiger charge is -2.33. The van der Waals surface area contributed by atoms with E-state index >= 15 is 0 Å². The molecule has 136 valence electrons. The van der Waals surface area contributed by atoms with Crippen molar-refractivity contribution in [3.8, 4) is 0 Å². The zero-order valence-electron chi connectivity index (χ0n) is 15.5. The number of benzene rings is 1. The minimum absolute atomic E-state index is 0.360. The molecule has 1 aliphatic heterocycles. The highest BCUT2D eigenvalue weighted by Crippen LogP contribution is 2.43. The van der Waals surface area contributed by atoms with Gasteiger partial charge in [0.1, 0.15) is 5.60 Å². The molecule has 2 amide bonds. The van der Waals surface area contributed by atoms with E-state index in [1.54, 1.807) is 39.2 Å². The normalized spacial score (nSPS) is 16.3. The summed E-state index contributed by atoms with van der Waals surface area (Å²) >= 11 is 3.43. The van der Waals surface area contributed by atoms with Gasteiger partial charge in [0.2, 0.25) is 0 Å². The van der Waals surface area contributed by atoms with Crippen LogP contribution in [0.2, 0.25) is 0 Å². The molecule has 2 rings (SSSR count). The van der Waals surface area contributed by atoms with Crippen molar-refractivity contribution in [2.24, 2.45) is 0 Å². The molecule has 1 aromatic rings. The number of hydrogen-bond acceptors (Lipinski definition) is 4. The maximum atomic E-state index is 12.9. The molecule has 0 aromatic heterocycles. The quantitative estimate of drug-likeness (QED) is 0.652. The van der Waals surface area contributed by atoms with Crippen LogP contribution in [0.1, 0.15) is 63.0 Å². The Bertz CT molecular complexity index is 732. The molecule has 0 bridgehead atoms. The second kappa shape index (κ2) is 6.83. The van der Waals surface area contributed by atoms with Crippen molar-refractivity contribution >= 4 is 34.0 Å². The fraction of sp³-hybridized carbons (Fsp3) is 0.474. The Morgan fingerprint density at radius 1 is 1.32 bits per heavy atom. The van der Waals surface area contributed by atoms with Gasteiger partial charge in [0.25, 0.3) is 5.91 Å². The maximum absolute atomic E-state index is 12.9. The number of rotatable bonds is 3.